The van der Waals surface area contributed by atoms with Gasteiger partial charge in [-0.05, 0) is 42.7 Å². The van der Waals surface area contributed by atoms with Crippen molar-refractivity contribution in [3.63, 3.8) is 0 Å². The van der Waals surface area contributed by atoms with Crippen LogP contribution in [0.2, 0.25) is 0 Å². The lowest BCUT2D eigenvalue weighted by Crippen LogP contribution is -2.25. The summed E-state index contributed by atoms with van der Waals surface area (Å²) in [6.07, 6.45) is 1.56. The predicted octanol–water partition coefficient (Wildman–Crippen LogP) is 3.32. The highest BCUT2D eigenvalue weighted by molar-refractivity contribution is 5.96. The first-order chi connectivity index (χ1) is 10.6. The molecule has 0 saturated carbocycles. The van der Waals surface area contributed by atoms with Crippen LogP contribution in [-0.4, -0.2) is 18.2 Å². The number of hydrogen-bond acceptors (Lipinski definition) is 4. The van der Waals surface area contributed by atoms with Gasteiger partial charge in [0.2, 0.25) is 0 Å². The van der Waals surface area contributed by atoms with Gasteiger partial charge in [0.05, 0.1) is 6.26 Å². The predicted molar refractivity (Wildman–Crippen MR) is 85.1 cm³/mol. The van der Waals surface area contributed by atoms with Crippen molar-refractivity contribution < 1.29 is 13.9 Å². The Balaban J connectivity index is 1.81. The molecule has 0 unspecified atom stereocenters. The lowest BCUT2D eigenvalue weighted by atomic mass is 10.0. The second-order valence-electron chi connectivity index (χ2n) is 5.22. The number of furan rings is 1. The van der Waals surface area contributed by atoms with Gasteiger partial charge < -0.3 is 9.15 Å². The molecule has 1 N–H and O–H groups in total. The average Bonchev–Trinajstić information content (AvgIpc) is 3.05. The van der Waals surface area contributed by atoms with E-state index in [0.29, 0.717) is 23.1 Å². The molecule has 0 fully saturated rings. The Morgan fingerprint density at radius 1 is 1.27 bits per heavy atom. The summed E-state index contributed by atoms with van der Waals surface area (Å²) in [5, 5.41) is 3.96. The second-order valence-corrected chi connectivity index (χ2v) is 5.22. The molecule has 2 rings (SSSR count). The van der Waals surface area contributed by atoms with Gasteiger partial charge in [0, 0.05) is 0 Å². The van der Waals surface area contributed by atoms with Crippen LogP contribution in [0.4, 0.5) is 0 Å². The minimum Gasteiger partial charge on any atom is -0.484 e. The first kappa shape index (κ1) is 15.8. The van der Waals surface area contributed by atoms with Gasteiger partial charge >= 0.3 is 0 Å². The van der Waals surface area contributed by atoms with Gasteiger partial charge in [-0.15, -0.1) is 0 Å². The summed E-state index contributed by atoms with van der Waals surface area (Å²) in [7, 11) is 0. The van der Waals surface area contributed by atoms with E-state index < -0.39 is 0 Å². The molecule has 5 heteroatoms. The summed E-state index contributed by atoms with van der Waals surface area (Å²) >= 11 is 0. The van der Waals surface area contributed by atoms with Crippen LogP contribution >= 0.6 is 0 Å². The highest BCUT2D eigenvalue weighted by atomic mass is 16.5. The Hall–Kier alpha value is -2.56. The summed E-state index contributed by atoms with van der Waals surface area (Å²) < 4.78 is 10.6. The number of ether oxygens (including phenoxy) is 1. The van der Waals surface area contributed by atoms with Crippen molar-refractivity contribution in [2.75, 3.05) is 6.61 Å². The van der Waals surface area contributed by atoms with Gasteiger partial charge in [0.15, 0.2) is 6.61 Å². The van der Waals surface area contributed by atoms with Crippen LogP contribution in [-0.2, 0) is 4.79 Å². The number of carbonyl (C=O) groups excluding carboxylic acids is 1. The minimum atomic E-state index is -0.321. The number of rotatable bonds is 6. The van der Waals surface area contributed by atoms with E-state index in [4.69, 9.17) is 9.15 Å². The SMILES string of the molecule is CC(=NNC(=O)COc1ccc(C(C)C)cc1)c1ccco1. The van der Waals surface area contributed by atoms with Crippen LogP contribution in [0.25, 0.3) is 0 Å². The van der Waals surface area contributed by atoms with Crippen molar-refractivity contribution in [3.8, 4) is 5.75 Å². The number of hydrogen-bond donors (Lipinski definition) is 1. The number of carbonyl (C=O) groups is 1. The molecule has 0 aliphatic carbocycles. The Morgan fingerprint density at radius 2 is 2.00 bits per heavy atom. The van der Waals surface area contributed by atoms with Crippen molar-refractivity contribution in [1.29, 1.82) is 0 Å². The van der Waals surface area contributed by atoms with E-state index in [1.54, 1.807) is 25.3 Å². The van der Waals surface area contributed by atoms with Crippen LogP contribution in [0.1, 0.15) is 38.0 Å². The monoisotopic (exact) mass is 300 g/mol. The zero-order valence-electron chi connectivity index (χ0n) is 13.0. The second kappa shape index (κ2) is 7.45. The molecule has 1 aromatic carbocycles. The maximum atomic E-state index is 11.7. The summed E-state index contributed by atoms with van der Waals surface area (Å²) in [6.45, 7) is 5.92. The number of hydrazone groups is 1. The van der Waals surface area contributed by atoms with Gasteiger partial charge in [-0.25, -0.2) is 5.43 Å². The van der Waals surface area contributed by atoms with Crippen LogP contribution in [0.15, 0.2) is 52.2 Å². The van der Waals surface area contributed by atoms with Crippen molar-refractivity contribution in [1.82, 2.24) is 5.43 Å². The maximum Gasteiger partial charge on any atom is 0.277 e. The molecule has 116 valence electrons. The minimum absolute atomic E-state index is 0.0873. The molecule has 0 atom stereocenters. The van der Waals surface area contributed by atoms with Gasteiger partial charge in [-0.3, -0.25) is 4.79 Å². The summed E-state index contributed by atoms with van der Waals surface area (Å²) in [5.41, 5.74) is 4.26. The molecule has 0 saturated heterocycles. The molecule has 0 radical (unpaired) electrons. The highest BCUT2D eigenvalue weighted by Gasteiger charge is 2.05. The lowest BCUT2D eigenvalue weighted by molar-refractivity contribution is -0.123. The molecule has 22 heavy (non-hydrogen) atoms. The van der Waals surface area contributed by atoms with Gasteiger partial charge in [0.1, 0.15) is 17.2 Å². The van der Waals surface area contributed by atoms with Gasteiger partial charge in [-0.1, -0.05) is 26.0 Å². The molecule has 0 aliphatic heterocycles. The lowest BCUT2D eigenvalue weighted by Gasteiger charge is -2.08. The molecular formula is C17H20N2O3. The number of benzene rings is 1. The first-order valence-corrected chi connectivity index (χ1v) is 7.16. The third-order valence-electron chi connectivity index (χ3n) is 3.14. The summed E-state index contributed by atoms with van der Waals surface area (Å²) in [5.74, 6) is 1.42. The third kappa shape index (κ3) is 4.48. The van der Waals surface area contributed by atoms with Crippen LogP contribution < -0.4 is 10.2 Å². The summed E-state index contributed by atoms with van der Waals surface area (Å²) in [4.78, 5) is 11.7. The van der Waals surface area contributed by atoms with Gasteiger partial charge in [0.25, 0.3) is 5.91 Å². The molecular weight excluding hydrogens is 280 g/mol. The van der Waals surface area contributed by atoms with E-state index in [0.717, 1.165) is 0 Å². The molecule has 5 nitrogen and oxygen atoms in total. The van der Waals surface area contributed by atoms with Crippen LogP contribution in [0.3, 0.4) is 0 Å². The quantitative estimate of drug-likeness (QED) is 0.657. The van der Waals surface area contributed by atoms with E-state index >= 15 is 0 Å². The van der Waals surface area contributed by atoms with Crippen molar-refractivity contribution in [3.05, 3.63) is 54.0 Å². The Labute approximate surface area is 130 Å². The summed E-state index contributed by atoms with van der Waals surface area (Å²) in [6, 6.07) is 11.3. The van der Waals surface area contributed by atoms with E-state index in [-0.39, 0.29) is 12.5 Å². The van der Waals surface area contributed by atoms with Gasteiger partial charge in [-0.2, -0.15) is 5.10 Å². The van der Waals surface area contributed by atoms with Crippen molar-refractivity contribution >= 4 is 11.6 Å². The fourth-order valence-corrected chi connectivity index (χ4v) is 1.82. The van der Waals surface area contributed by atoms with Crippen LogP contribution in [0, 0.1) is 0 Å². The fourth-order valence-electron chi connectivity index (χ4n) is 1.82. The molecule has 0 aliphatic rings. The Kier molecular flexibility index (Phi) is 5.36. The first-order valence-electron chi connectivity index (χ1n) is 7.16. The molecule has 2 aromatic rings. The van der Waals surface area contributed by atoms with E-state index in [2.05, 4.69) is 24.4 Å². The molecule has 1 aromatic heterocycles. The van der Waals surface area contributed by atoms with Crippen molar-refractivity contribution in [2.45, 2.75) is 26.7 Å². The molecule has 1 amide bonds. The molecule has 0 bridgehead atoms. The average molecular weight is 300 g/mol. The highest BCUT2D eigenvalue weighted by Crippen LogP contribution is 2.18. The molecule has 1 heterocycles. The standard InChI is InChI=1S/C17H20N2O3/c1-12(2)14-6-8-15(9-7-14)22-11-17(20)19-18-13(3)16-5-4-10-21-16/h4-10,12H,11H2,1-3H3,(H,19,20). The van der Waals surface area contributed by atoms with Crippen molar-refractivity contribution in [2.24, 2.45) is 5.10 Å². The largest absolute Gasteiger partial charge is 0.484 e. The topological polar surface area (TPSA) is 63.8 Å². The maximum absolute atomic E-state index is 11.7. The zero-order valence-corrected chi connectivity index (χ0v) is 13.0. The normalized spacial score (nSPS) is 11.5. The number of nitrogens with one attached hydrogen (secondary N) is 1. The molecule has 0 spiro atoms. The number of amides is 1. The van der Waals surface area contributed by atoms with Crippen LogP contribution in [0.5, 0.6) is 5.75 Å². The van der Waals surface area contributed by atoms with E-state index in [1.165, 1.54) is 5.56 Å². The Morgan fingerprint density at radius 3 is 2.59 bits per heavy atom. The third-order valence-corrected chi connectivity index (χ3v) is 3.14. The zero-order chi connectivity index (χ0) is 15.9. The van der Waals surface area contributed by atoms with E-state index in [1.807, 2.05) is 24.3 Å². The van der Waals surface area contributed by atoms with E-state index in [9.17, 15) is 4.79 Å². The Bertz CT molecular complexity index is 628. The smallest absolute Gasteiger partial charge is 0.277 e. The fraction of sp³-hybridized carbons (Fsp3) is 0.294. The number of nitrogens with zero attached hydrogens (tertiary/aromatic N) is 1.